The van der Waals surface area contributed by atoms with E-state index in [4.69, 9.17) is 5.11 Å². The Morgan fingerprint density at radius 2 is 2.33 bits per heavy atom. The molecular formula is C11H10N2O2. The van der Waals surface area contributed by atoms with Gasteiger partial charge in [-0.1, -0.05) is 0 Å². The van der Waals surface area contributed by atoms with Gasteiger partial charge in [0.15, 0.2) is 0 Å². The zero-order valence-corrected chi connectivity index (χ0v) is 8.19. The number of aryl methyl sites for hydroxylation is 1. The first kappa shape index (κ1) is 9.45. The molecule has 0 unspecified atom stereocenters. The summed E-state index contributed by atoms with van der Waals surface area (Å²) in [5.41, 5.74) is 2.90. The Bertz CT molecular complexity index is 541. The number of rotatable bonds is 2. The monoisotopic (exact) mass is 202 g/mol. The number of carbonyl (C=O) groups is 1. The molecule has 1 heterocycles. The number of benzene rings is 1. The number of hydrogen-bond acceptors (Lipinski definition) is 2. The Morgan fingerprint density at radius 3 is 3.07 bits per heavy atom. The van der Waals surface area contributed by atoms with Crippen LogP contribution in [0, 0.1) is 6.92 Å². The molecule has 2 rings (SSSR count). The predicted octanol–water partition coefficient (Wildman–Crippen LogP) is 1.97. The lowest BCUT2D eigenvalue weighted by Crippen LogP contribution is -1.86. The lowest BCUT2D eigenvalue weighted by atomic mass is 10.1. The van der Waals surface area contributed by atoms with Gasteiger partial charge in [0, 0.05) is 11.5 Å². The summed E-state index contributed by atoms with van der Waals surface area (Å²) in [6, 6.07) is 3.81. The molecule has 2 N–H and O–H groups in total. The molecule has 0 aliphatic rings. The van der Waals surface area contributed by atoms with Gasteiger partial charge in [-0.25, -0.2) is 4.79 Å². The van der Waals surface area contributed by atoms with Crippen molar-refractivity contribution in [1.82, 2.24) is 10.2 Å². The minimum absolute atomic E-state index is 0.865. The van der Waals surface area contributed by atoms with Crippen molar-refractivity contribution in [2.24, 2.45) is 0 Å². The molecule has 0 saturated heterocycles. The maximum Gasteiger partial charge on any atom is 0.328 e. The lowest BCUT2D eigenvalue weighted by molar-refractivity contribution is -0.131. The van der Waals surface area contributed by atoms with Crippen LogP contribution in [0.2, 0.25) is 0 Å². The molecule has 0 bridgehead atoms. The highest BCUT2D eigenvalue weighted by Crippen LogP contribution is 2.18. The average molecular weight is 202 g/mol. The normalized spacial score (nSPS) is 11.3. The molecular weight excluding hydrogens is 192 g/mol. The number of H-pyrrole nitrogens is 1. The fourth-order valence-corrected chi connectivity index (χ4v) is 1.53. The van der Waals surface area contributed by atoms with Crippen LogP contribution in [-0.4, -0.2) is 21.3 Å². The Hall–Kier alpha value is -2.10. The number of nitrogens with one attached hydrogen (secondary N) is 1. The summed E-state index contributed by atoms with van der Waals surface area (Å²) in [5, 5.41) is 16.3. The van der Waals surface area contributed by atoms with Crippen molar-refractivity contribution < 1.29 is 9.90 Å². The van der Waals surface area contributed by atoms with E-state index >= 15 is 0 Å². The van der Waals surface area contributed by atoms with Crippen molar-refractivity contribution >= 4 is 22.9 Å². The molecule has 0 fully saturated rings. The molecule has 15 heavy (non-hydrogen) atoms. The van der Waals surface area contributed by atoms with Crippen LogP contribution in [0.3, 0.4) is 0 Å². The number of carboxylic acid groups (broad SMARTS) is 1. The quantitative estimate of drug-likeness (QED) is 0.731. The molecule has 0 saturated carbocycles. The van der Waals surface area contributed by atoms with Gasteiger partial charge in [0.1, 0.15) is 0 Å². The van der Waals surface area contributed by atoms with Gasteiger partial charge < -0.3 is 5.11 Å². The Kier molecular flexibility index (Phi) is 2.25. The summed E-state index contributed by atoms with van der Waals surface area (Å²) >= 11 is 0. The average Bonchev–Trinajstić information content (AvgIpc) is 2.63. The number of nitrogens with zero attached hydrogens (tertiary/aromatic N) is 1. The third-order valence-corrected chi connectivity index (χ3v) is 2.19. The van der Waals surface area contributed by atoms with E-state index in [9.17, 15) is 4.79 Å². The van der Waals surface area contributed by atoms with Gasteiger partial charge in [0.2, 0.25) is 0 Å². The van der Waals surface area contributed by atoms with Gasteiger partial charge in [-0.05, 0) is 36.3 Å². The summed E-state index contributed by atoms with van der Waals surface area (Å²) in [5.74, 6) is -0.944. The van der Waals surface area contributed by atoms with Crippen LogP contribution >= 0.6 is 0 Å². The van der Waals surface area contributed by atoms with E-state index in [2.05, 4.69) is 10.2 Å². The molecule has 1 aromatic heterocycles. The molecule has 0 amide bonds. The molecule has 0 spiro atoms. The molecule has 4 heteroatoms. The molecule has 0 atom stereocenters. The fourth-order valence-electron chi connectivity index (χ4n) is 1.53. The Balaban J connectivity index is 2.49. The highest BCUT2D eigenvalue weighted by molar-refractivity contribution is 5.88. The third kappa shape index (κ3) is 1.88. The Labute approximate surface area is 86.2 Å². The summed E-state index contributed by atoms with van der Waals surface area (Å²) in [6.07, 6.45) is 4.42. The van der Waals surface area contributed by atoms with Gasteiger partial charge in [-0.3, -0.25) is 5.10 Å². The number of aromatic amines is 1. The minimum Gasteiger partial charge on any atom is -0.478 e. The molecule has 0 radical (unpaired) electrons. The van der Waals surface area contributed by atoms with Crippen LogP contribution in [0.1, 0.15) is 11.1 Å². The van der Waals surface area contributed by atoms with Crippen molar-refractivity contribution in [3.05, 3.63) is 35.5 Å². The van der Waals surface area contributed by atoms with E-state index in [1.165, 1.54) is 0 Å². The van der Waals surface area contributed by atoms with Crippen molar-refractivity contribution in [2.45, 2.75) is 6.92 Å². The first-order valence-corrected chi connectivity index (χ1v) is 4.51. The zero-order chi connectivity index (χ0) is 10.8. The minimum atomic E-state index is -0.944. The van der Waals surface area contributed by atoms with Crippen LogP contribution in [-0.2, 0) is 4.79 Å². The van der Waals surface area contributed by atoms with Gasteiger partial charge in [0.25, 0.3) is 0 Å². The fraction of sp³-hybridized carbons (Fsp3) is 0.0909. The molecule has 0 aliphatic carbocycles. The first-order chi connectivity index (χ1) is 7.16. The number of hydrogen-bond donors (Lipinski definition) is 2. The van der Waals surface area contributed by atoms with Crippen LogP contribution in [0.4, 0.5) is 0 Å². The highest BCUT2D eigenvalue weighted by atomic mass is 16.4. The van der Waals surface area contributed by atoms with Crippen LogP contribution in [0.15, 0.2) is 24.4 Å². The SMILES string of the molecule is Cc1cc(/C=C/C(=O)O)cc2cn[nH]c12. The van der Waals surface area contributed by atoms with E-state index in [-0.39, 0.29) is 0 Å². The predicted molar refractivity (Wildman–Crippen MR) is 57.5 cm³/mol. The maximum absolute atomic E-state index is 10.4. The van der Waals surface area contributed by atoms with E-state index in [1.54, 1.807) is 12.3 Å². The Morgan fingerprint density at radius 1 is 1.53 bits per heavy atom. The van der Waals surface area contributed by atoms with E-state index in [0.717, 1.165) is 28.1 Å². The standard InChI is InChI=1S/C11H10N2O2/c1-7-4-8(2-3-10(14)15)5-9-6-12-13-11(7)9/h2-6H,1H3,(H,12,13)(H,14,15)/b3-2+. The van der Waals surface area contributed by atoms with Crippen LogP contribution in [0.5, 0.6) is 0 Å². The number of carboxylic acids is 1. The summed E-state index contributed by atoms with van der Waals surface area (Å²) in [4.78, 5) is 10.4. The number of aromatic nitrogens is 2. The van der Waals surface area contributed by atoms with Crippen molar-refractivity contribution in [3.8, 4) is 0 Å². The van der Waals surface area contributed by atoms with E-state index < -0.39 is 5.97 Å². The summed E-state index contributed by atoms with van der Waals surface area (Å²) < 4.78 is 0. The molecule has 1 aromatic carbocycles. The molecule has 0 aliphatic heterocycles. The van der Waals surface area contributed by atoms with Crippen molar-refractivity contribution in [1.29, 1.82) is 0 Å². The lowest BCUT2D eigenvalue weighted by Gasteiger charge is -1.98. The largest absolute Gasteiger partial charge is 0.478 e. The second kappa shape index (κ2) is 3.57. The third-order valence-electron chi connectivity index (χ3n) is 2.19. The van der Waals surface area contributed by atoms with Crippen LogP contribution in [0.25, 0.3) is 17.0 Å². The van der Waals surface area contributed by atoms with Gasteiger partial charge in [-0.2, -0.15) is 5.10 Å². The van der Waals surface area contributed by atoms with E-state index in [0.29, 0.717) is 0 Å². The second-order valence-electron chi connectivity index (χ2n) is 3.34. The number of fused-ring (bicyclic) bond motifs is 1. The van der Waals surface area contributed by atoms with Gasteiger partial charge >= 0.3 is 5.97 Å². The van der Waals surface area contributed by atoms with Crippen LogP contribution < -0.4 is 0 Å². The smallest absolute Gasteiger partial charge is 0.328 e. The number of aliphatic carboxylic acids is 1. The first-order valence-electron chi connectivity index (χ1n) is 4.51. The summed E-state index contributed by atoms with van der Waals surface area (Å²) in [7, 11) is 0. The van der Waals surface area contributed by atoms with Crippen molar-refractivity contribution in [2.75, 3.05) is 0 Å². The summed E-state index contributed by atoms with van der Waals surface area (Å²) in [6.45, 7) is 1.96. The maximum atomic E-state index is 10.4. The topological polar surface area (TPSA) is 66.0 Å². The second-order valence-corrected chi connectivity index (χ2v) is 3.34. The van der Waals surface area contributed by atoms with Gasteiger partial charge in [-0.15, -0.1) is 0 Å². The highest BCUT2D eigenvalue weighted by Gasteiger charge is 2.00. The zero-order valence-electron chi connectivity index (χ0n) is 8.19. The molecule has 76 valence electrons. The molecule has 2 aromatic rings. The van der Waals surface area contributed by atoms with Gasteiger partial charge in [0.05, 0.1) is 11.7 Å². The molecule has 4 nitrogen and oxygen atoms in total. The van der Waals surface area contributed by atoms with E-state index in [1.807, 2.05) is 19.1 Å². The van der Waals surface area contributed by atoms with Crippen molar-refractivity contribution in [3.63, 3.8) is 0 Å².